The fraction of sp³-hybridized carbons (Fsp3) is 0.211. The number of fused-ring (bicyclic) bond motifs is 1. The van der Waals surface area contributed by atoms with Crippen LogP contribution in [0.2, 0.25) is 0 Å². The second-order valence-electron chi connectivity index (χ2n) is 5.80. The first kappa shape index (κ1) is 18.7. The maximum Gasteiger partial charge on any atom is 0.341 e. The summed E-state index contributed by atoms with van der Waals surface area (Å²) in [4.78, 5) is 25.7. The third kappa shape index (κ3) is 3.31. The van der Waals surface area contributed by atoms with Crippen molar-refractivity contribution in [3.05, 3.63) is 51.4 Å². The van der Waals surface area contributed by atoms with Gasteiger partial charge >= 0.3 is 5.97 Å². The minimum absolute atomic E-state index is 0.0512. The summed E-state index contributed by atoms with van der Waals surface area (Å²) in [6.45, 7) is 3.65. The number of rotatable bonds is 4. The lowest BCUT2D eigenvalue weighted by Crippen LogP contribution is -2.21. The number of carbonyl (C=O) groups excluding carboxylic acids is 2. The molecule has 0 saturated carbocycles. The second-order valence-corrected chi connectivity index (χ2v) is 7.03. The van der Waals surface area contributed by atoms with Crippen LogP contribution in [0, 0.1) is 19.3 Å². The summed E-state index contributed by atoms with van der Waals surface area (Å²) in [5, 5.41) is 11.8. The van der Waals surface area contributed by atoms with E-state index in [0.29, 0.717) is 27.3 Å². The van der Waals surface area contributed by atoms with Gasteiger partial charge in [-0.3, -0.25) is 10.2 Å². The number of esters is 1. The summed E-state index contributed by atoms with van der Waals surface area (Å²) in [6.07, 6.45) is 0. The zero-order valence-corrected chi connectivity index (χ0v) is 16.1. The van der Waals surface area contributed by atoms with E-state index >= 15 is 0 Å². The number of carbonyl (C=O) groups is 2. The number of methoxy groups -OCH3 is 2. The van der Waals surface area contributed by atoms with Crippen molar-refractivity contribution in [3.8, 4) is 5.75 Å². The van der Waals surface area contributed by atoms with Gasteiger partial charge in [-0.15, -0.1) is 11.3 Å². The SMILES string of the molecule is COC(=O)c1c(NC(=O)c2cc3cccc(OC)c3oc2=N)sc(C)c1C. The van der Waals surface area contributed by atoms with Gasteiger partial charge in [0.2, 0.25) is 5.55 Å². The Morgan fingerprint density at radius 1 is 1.22 bits per heavy atom. The molecule has 2 N–H and O–H groups in total. The minimum Gasteiger partial charge on any atom is -0.493 e. The molecule has 3 rings (SSSR count). The summed E-state index contributed by atoms with van der Waals surface area (Å²) < 4.78 is 15.5. The molecule has 2 aromatic heterocycles. The molecule has 8 heteroatoms. The van der Waals surface area contributed by atoms with Crippen molar-refractivity contribution in [1.29, 1.82) is 5.41 Å². The highest BCUT2D eigenvalue weighted by atomic mass is 32.1. The van der Waals surface area contributed by atoms with E-state index in [0.717, 1.165) is 10.4 Å². The van der Waals surface area contributed by atoms with Crippen LogP contribution in [0.1, 0.15) is 31.2 Å². The van der Waals surface area contributed by atoms with Crippen LogP contribution >= 0.6 is 11.3 Å². The Labute approximate surface area is 159 Å². The van der Waals surface area contributed by atoms with Crippen molar-refractivity contribution < 1.29 is 23.5 Å². The summed E-state index contributed by atoms with van der Waals surface area (Å²) in [5.74, 6) is -0.587. The molecule has 1 aromatic carbocycles. The maximum absolute atomic E-state index is 12.7. The summed E-state index contributed by atoms with van der Waals surface area (Å²) in [6, 6.07) is 6.80. The van der Waals surface area contributed by atoms with E-state index in [1.54, 1.807) is 31.2 Å². The highest BCUT2D eigenvalue weighted by Crippen LogP contribution is 2.33. The van der Waals surface area contributed by atoms with Gasteiger partial charge in [-0.2, -0.15) is 0 Å². The lowest BCUT2D eigenvalue weighted by molar-refractivity contribution is 0.0601. The molecule has 0 bridgehead atoms. The Bertz CT molecular complexity index is 1110. The van der Waals surface area contributed by atoms with Crippen molar-refractivity contribution in [1.82, 2.24) is 0 Å². The summed E-state index contributed by atoms with van der Waals surface area (Å²) >= 11 is 1.28. The zero-order valence-electron chi connectivity index (χ0n) is 15.3. The predicted molar refractivity (Wildman–Crippen MR) is 102 cm³/mol. The lowest BCUT2D eigenvalue weighted by atomic mass is 10.1. The van der Waals surface area contributed by atoms with E-state index in [2.05, 4.69) is 5.32 Å². The maximum atomic E-state index is 12.7. The first-order valence-electron chi connectivity index (χ1n) is 8.02. The molecule has 0 aliphatic carbocycles. The molecule has 7 nitrogen and oxygen atoms in total. The highest BCUT2D eigenvalue weighted by molar-refractivity contribution is 7.16. The largest absolute Gasteiger partial charge is 0.493 e. The van der Waals surface area contributed by atoms with Gasteiger partial charge in [-0.25, -0.2) is 4.79 Å². The Balaban J connectivity index is 2.03. The van der Waals surface area contributed by atoms with Crippen molar-refractivity contribution in [2.24, 2.45) is 0 Å². The Morgan fingerprint density at radius 3 is 2.63 bits per heavy atom. The minimum atomic E-state index is -0.542. The van der Waals surface area contributed by atoms with E-state index in [1.807, 2.05) is 6.92 Å². The number of para-hydroxylation sites is 1. The molecule has 2 heterocycles. The molecular weight excluding hydrogens is 368 g/mol. The normalized spacial score (nSPS) is 10.7. The molecule has 1 amide bonds. The highest BCUT2D eigenvalue weighted by Gasteiger charge is 2.23. The first-order valence-corrected chi connectivity index (χ1v) is 8.84. The standard InChI is InChI=1S/C19H18N2O5S/c1-9-10(2)27-18(14(9)19(23)25-4)21-17(22)12-8-11-6-5-7-13(24-3)15(11)26-16(12)20/h5-8,20H,1-4H3,(H,21,22). The van der Waals surface area contributed by atoms with Crippen molar-refractivity contribution >= 4 is 39.2 Å². The van der Waals surface area contributed by atoms with Gasteiger partial charge in [0.05, 0.1) is 19.8 Å². The molecule has 0 unspecified atom stereocenters. The molecule has 140 valence electrons. The first-order chi connectivity index (χ1) is 12.9. The van der Waals surface area contributed by atoms with E-state index in [9.17, 15) is 9.59 Å². The molecule has 0 aliphatic rings. The molecule has 0 saturated heterocycles. The summed E-state index contributed by atoms with van der Waals surface area (Å²) in [5.41, 5.74) is 1.21. The molecule has 27 heavy (non-hydrogen) atoms. The van der Waals surface area contributed by atoms with Crippen LogP contribution in [0.15, 0.2) is 28.7 Å². The van der Waals surface area contributed by atoms with Gasteiger partial charge in [0.1, 0.15) is 10.6 Å². The average molecular weight is 386 g/mol. The van der Waals surface area contributed by atoms with Crippen molar-refractivity contribution in [2.75, 3.05) is 19.5 Å². The number of hydrogen-bond acceptors (Lipinski definition) is 7. The Hall–Kier alpha value is -3.13. The third-order valence-corrected chi connectivity index (χ3v) is 5.35. The van der Waals surface area contributed by atoms with E-state index in [-0.39, 0.29) is 11.1 Å². The molecule has 0 spiro atoms. The number of thiophene rings is 1. The van der Waals surface area contributed by atoms with Gasteiger partial charge in [0.15, 0.2) is 11.3 Å². The van der Waals surface area contributed by atoms with Gasteiger partial charge in [-0.05, 0) is 31.5 Å². The Kier molecular flexibility index (Phi) is 5.00. The topological polar surface area (TPSA) is 102 Å². The van der Waals surface area contributed by atoms with Crippen molar-refractivity contribution in [2.45, 2.75) is 13.8 Å². The number of amides is 1. The lowest BCUT2D eigenvalue weighted by Gasteiger charge is -2.08. The third-order valence-electron chi connectivity index (χ3n) is 4.22. The number of ether oxygens (including phenoxy) is 2. The molecule has 0 atom stereocenters. The second kappa shape index (κ2) is 7.24. The van der Waals surface area contributed by atoms with E-state index in [4.69, 9.17) is 19.3 Å². The van der Waals surface area contributed by atoms with Crippen LogP contribution in [0.4, 0.5) is 5.00 Å². The van der Waals surface area contributed by atoms with Gasteiger partial charge in [-0.1, -0.05) is 12.1 Å². The van der Waals surface area contributed by atoms with E-state index in [1.165, 1.54) is 25.6 Å². The average Bonchev–Trinajstić information content (AvgIpc) is 2.93. The van der Waals surface area contributed by atoms with Crippen LogP contribution in [-0.2, 0) is 4.74 Å². The predicted octanol–water partition coefficient (Wildman–Crippen LogP) is 3.64. The quantitative estimate of drug-likeness (QED) is 0.667. The Morgan fingerprint density at radius 2 is 1.96 bits per heavy atom. The van der Waals surface area contributed by atoms with Gasteiger partial charge in [0.25, 0.3) is 5.91 Å². The molecule has 0 fully saturated rings. The van der Waals surface area contributed by atoms with Crippen molar-refractivity contribution in [3.63, 3.8) is 0 Å². The van der Waals surface area contributed by atoms with Gasteiger partial charge in [0, 0.05) is 10.3 Å². The fourth-order valence-electron chi connectivity index (χ4n) is 2.70. The van der Waals surface area contributed by atoms with Crippen LogP contribution in [0.5, 0.6) is 5.75 Å². The van der Waals surface area contributed by atoms with Crippen LogP contribution in [-0.4, -0.2) is 26.1 Å². The fourth-order valence-corrected chi connectivity index (χ4v) is 3.74. The van der Waals surface area contributed by atoms with Gasteiger partial charge < -0.3 is 19.2 Å². The zero-order chi connectivity index (χ0) is 19.7. The van der Waals surface area contributed by atoms with Crippen LogP contribution in [0.25, 0.3) is 11.0 Å². The number of anilines is 1. The number of hydrogen-bond donors (Lipinski definition) is 2. The number of aryl methyl sites for hydroxylation is 1. The number of nitrogens with one attached hydrogen (secondary N) is 2. The van der Waals surface area contributed by atoms with Crippen LogP contribution in [0.3, 0.4) is 0 Å². The number of benzene rings is 1. The summed E-state index contributed by atoms with van der Waals surface area (Å²) in [7, 11) is 2.79. The van der Waals surface area contributed by atoms with E-state index < -0.39 is 11.9 Å². The molecule has 3 aromatic rings. The molecule has 0 aliphatic heterocycles. The molecular formula is C19H18N2O5S. The molecule has 0 radical (unpaired) electrons. The smallest absolute Gasteiger partial charge is 0.341 e. The van der Waals surface area contributed by atoms with Crippen LogP contribution < -0.4 is 15.6 Å². The monoisotopic (exact) mass is 386 g/mol.